The molecule has 0 bridgehead atoms. The zero-order valence-electron chi connectivity index (χ0n) is 16.9. The van der Waals surface area contributed by atoms with E-state index >= 15 is 0 Å². The number of rotatable bonds is 4. The number of carbonyl (C=O) groups is 1. The summed E-state index contributed by atoms with van der Waals surface area (Å²) in [6.07, 6.45) is 4.52. The van der Waals surface area contributed by atoms with Crippen molar-refractivity contribution in [2.45, 2.75) is 18.2 Å². The van der Waals surface area contributed by atoms with Gasteiger partial charge < -0.3 is 9.47 Å². The number of sulfonamides is 1. The summed E-state index contributed by atoms with van der Waals surface area (Å²) in [6.45, 7) is 3.55. The van der Waals surface area contributed by atoms with Crippen molar-refractivity contribution in [3.05, 3.63) is 84.2 Å². The van der Waals surface area contributed by atoms with Crippen LogP contribution in [0.2, 0.25) is 0 Å². The molecule has 1 saturated heterocycles. The van der Waals surface area contributed by atoms with Crippen LogP contribution in [0, 0.1) is 6.92 Å². The van der Waals surface area contributed by atoms with Crippen molar-refractivity contribution in [1.29, 1.82) is 0 Å². The molecule has 7 heteroatoms. The van der Waals surface area contributed by atoms with Crippen LogP contribution in [0.4, 0.5) is 0 Å². The normalized spacial score (nSPS) is 15.7. The monoisotopic (exact) mass is 423 g/mol. The number of aromatic nitrogens is 1. The summed E-state index contributed by atoms with van der Waals surface area (Å²) in [6, 6.07) is 18.3. The van der Waals surface area contributed by atoms with Crippen LogP contribution < -0.4 is 0 Å². The van der Waals surface area contributed by atoms with E-state index < -0.39 is 10.0 Å². The van der Waals surface area contributed by atoms with Crippen LogP contribution in [0.3, 0.4) is 0 Å². The van der Waals surface area contributed by atoms with Gasteiger partial charge in [-0.1, -0.05) is 17.7 Å². The Hall–Kier alpha value is -2.90. The van der Waals surface area contributed by atoms with Gasteiger partial charge in [0.05, 0.1) is 4.90 Å². The minimum atomic E-state index is -3.55. The van der Waals surface area contributed by atoms with E-state index in [1.807, 2.05) is 60.3 Å². The summed E-state index contributed by atoms with van der Waals surface area (Å²) < 4.78 is 29.4. The Morgan fingerprint density at radius 1 is 0.833 bits per heavy atom. The predicted octanol–water partition coefficient (Wildman–Crippen LogP) is 3.32. The van der Waals surface area contributed by atoms with Crippen molar-refractivity contribution >= 4 is 15.9 Å². The largest absolute Gasteiger partial charge is 0.337 e. The second-order valence-corrected chi connectivity index (χ2v) is 9.44. The summed E-state index contributed by atoms with van der Waals surface area (Å²) in [7, 11) is -3.55. The second kappa shape index (κ2) is 8.45. The van der Waals surface area contributed by atoms with E-state index in [1.165, 1.54) is 4.31 Å². The van der Waals surface area contributed by atoms with Gasteiger partial charge in [0.25, 0.3) is 5.91 Å². The first-order valence-electron chi connectivity index (χ1n) is 10.0. The molecule has 4 rings (SSSR count). The Balaban J connectivity index is 1.45. The van der Waals surface area contributed by atoms with Gasteiger partial charge in [0, 0.05) is 49.8 Å². The molecule has 1 amide bonds. The number of aryl methyl sites for hydroxylation is 1. The van der Waals surface area contributed by atoms with Crippen LogP contribution in [-0.2, 0) is 10.0 Å². The smallest absolute Gasteiger partial charge is 0.253 e. The summed E-state index contributed by atoms with van der Waals surface area (Å²) in [4.78, 5) is 15.0. The Labute approximate surface area is 177 Å². The number of carbonyl (C=O) groups excluding carboxylic acids is 1. The van der Waals surface area contributed by atoms with Crippen LogP contribution in [0.5, 0.6) is 0 Å². The molecular formula is C23H25N3O3S. The van der Waals surface area contributed by atoms with Gasteiger partial charge in [-0.15, -0.1) is 0 Å². The molecule has 3 aromatic rings. The molecule has 2 heterocycles. The molecule has 1 aromatic heterocycles. The molecular weight excluding hydrogens is 398 g/mol. The van der Waals surface area contributed by atoms with E-state index in [0.29, 0.717) is 43.1 Å². The van der Waals surface area contributed by atoms with Crippen LogP contribution in [-0.4, -0.2) is 54.3 Å². The highest BCUT2D eigenvalue weighted by Gasteiger charge is 2.28. The van der Waals surface area contributed by atoms with Crippen molar-refractivity contribution in [2.24, 2.45) is 0 Å². The maximum atomic E-state index is 13.0. The topological polar surface area (TPSA) is 62.6 Å². The number of nitrogens with zero attached hydrogens (tertiary/aromatic N) is 3. The highest BCUT2D eigenvalue weighted by Crippen LogP contribution is 2.19. The van der Waals surface area contributed by atoms with Gasteiger partial charge in [-0.2, -0.15) is 4.31 Å². The van der Waals surface area contributed by atoms with E-state index in [-0.39, 0.29) is 5.91 Å². The minimum Gasteiger partial charge on any atom is -0.337 e. The first-order valence-corrected chi connectivity index (χ1v) is 11.5. The summed E-state index contributed by atoms with van der Waals surface area (Å²) in [5, 5.41) is 0. The number of hydrogen-bond donors (Lipinski definition) is 0. The van der Waals surface area contributed by atoms with Crippen LogP contribution in [0.1, 0.15) is 22.3 Å². The second-order valence-electron chi connectivity index (χ2n) is 7.50. The lowest BCUT2D eigenvalue weighted by Crippen LogP contribution is -2.37. The minimum absolute atomic E-state index is 0.0661. The maximum absolute atomic E-state index is 13.0. The van der Waals surface area contributed by atoms with Crippen LogP contribution in [0.25, 0.3) is 5.69 Å². The zero-order chi connectivity index (χ0) is 21.1. The van der Waals surface area contributed by atoms with Gasteiger partial charge in [0.1, 0.15) is 0 Å². The third kappa shape index (κ3) is 4.17. The van der Waals surface area contributed by atoms with Crippen LogP contribution >= 0.6 is 0 Å². The van der Waals surface area contributed by atoms with E-state index in [0.717, 1.165) is 11.3 Å². The molecule has 30 heavy (non-hydrogen) atoms. The lowest BCUT2D eigenvalue weighted by atomic mass is 10.1. The first kappa shape index (κ1) is 20.4. The molecule has 1 fully saturated rings. The third-order valence-electron chi connectivity index (χ3n) is 5.42. The quantitative estimate of drug-likeness (QED) is 0.647. The average molecular weight is 424 g/mol. The molecule has 0 aliphatic carbocycles. The lowest BCUT2D eigenvalue weighted by Gasteiger charge is -2.22. The molecule has 0 spiro atoms. The molecule has 0 radical (unpaired) electrons. The number of benzene rings is 2. The Morgan fingerprint density at radius 3 is 2.17 bits per heavy atom. The Kier molecular flexibility index (Phi) is 5.74. The van der Waals surface area contributed by atoms with Crippen molar-refractivity contribution in [1.82, 2.24) is 13.8 Å². The van der Waals surface area contributed by atoms with Gasteiger partial charge in [-0.3, -0.25) is 4.79 Å². The van der Waals surface area contributed by atoms with Crippen molar-refractivity contribution < 1.29 is 13.2 Å². The highest BCUT2D eigenvalue weighted by molar-refractivity contribution is 7.89. The van der Waals surface area contributed by atoms with Crippen molar-refractivity contribution in [3.8, 4) is 5.69 Å². The number of hydrogen-bond acceptors (Lipinski definition) is 3. The van der Waals surface area contributed by atoms with Gasteiger partial charge in [-0.05, 0) is 61.9 Å². The fourth-order valence-electron chi connectivity index (χ4n) is 3.66. The summed E-state index contributed by atoms with van der Waals surface area (Å²) >= 11 is 0. The average Bonchev–Trinajstić information content (AvgIpc) is 3.17. The maximum Gasteiger partial charge on any atom is 0.253 e. The lowest BCUT2D eigenvalue weighted by molar-refractivity contribution is 0.0764. The van der Waals surface area contributed by atoms with Crippen LogP contribution in [0.15, 0.2) is 78.0 Å². The van der Waals surface area contributed by atoms with Gasteiger partial charge in [-0.25, -0.2) is 8.42 Å². The molecule has 2 aromatic carbocycles. The first-order chi connectivity index (χ1) is 14.4. The third-order valence-corrected chi connectivity index (χ3v) is 7.33. The molecule has 0 saturated carbocycles. The van der Waals surface area contributed by atoms with E-state index in [2.05, 4.69) is 0 Å². The zero-order valence-corrected chi connectivity index (χ0v) is 17.8. The molecule has 1 aliphatic heterocycles. The molecule has 6 nitrogen and oxygen atoms in total. The Morgan fingerprint density at radius 2 is 1.50 bits per heavy atom. The molecule has 156 valence electrons. The standard InChI is InChI=1S/C23H25N3O3S/c1-19-5-11-22(12-6-19)30(28,29)26-16-4-15-25(17-18-26)23(27)20-7-9-21(10-8-20)24-13-2-3-14-24/h2-3,5-14H,4,15-18H2,1H3. The SMILES string of the molecule is Cc1ccc(S(=O)(=O)N2CCCN(C(=O)c3ccc(-n4cccc4)cc3)CC2)cc1. The fourth-order valence-corrected chi connectivity index (χ4v) is 5.13. The summed E-state index contributed by atoms with van der Waals surface area (Å²) in [5.74, 6) is -0.0661. The number of amides is 1. The van der Waals surface area contributed by atoms with E-state index in [9.17, 15) is 13.2 Å². The van der Waals surface area contributed by atoms with Gasteiger partial charge in [0.15, 0.2) is 0 Å². The van der Waals surface area contributed by atoms with Gasteiger partial charge in [0.2, 0.25) is 10.0 Å². The highest BCUT2D eigenvalue weighted by atomic mass is 32.2. The van der Waals surface area contributed by atoms with E-state index in [4.69, 9.17) is 0 Å². The molecule has 0 atom stereocenters. The molecule has 0 N–H and O–H groups in total. The fraction of sp³-hybridized carbons (Fsp3) is 0.261. The summed E-state index contributed by atoms with van der Waals surface area (Å²) in [5.41, 5.74) is 2.62. The van der Waals surface area contributed by atoms with Crippen molar-refractivity contribution in [3.63, 3.8) is 0 Å². The Bertz CT molecular complexity index is 1110. The van der Waals surface area contributed by atoms with Crippen molar-refractivity contribution in [2.75, 3.05) is 26.2 Å². The van der Waals surface area contributed by atoms with E-state index in [1.54, 1.807) is 29.2 Å². The molecule has 0 unspecified atom stereocenters. The predicted molar refractivity (Wildman–Crippen MR) is 116 cm³/mol. The molecule has 1 aliphatic rings. The van der Waals surface area contributed by atoms with Gasteiger partial charge >= 0.3 is 0 Å².